The molecule has 0 radical (unpaired) electrons. The smallest absolute Gasteiger partial charge is 0.432 e. The molecule has 0 saturated heterocycles. The molecule has 0 spiro atoms. The molecule has 0 bridgehead atoms. The topological polar surface area (TPSA) is 62.3 Å². The molecule has 2 N–H and O–H groups in total. The zero-order valence-corrected chi connectivity index (χ0v) is 10.5. The number of aromatic amines is 1. The van der Waals surface area contributed by atoms with E-state index >= 15 is 0 Å². The number of benzene rings is 1. The van der Waals surface area contributed by atoms with E-state index in [1.165, 1.54) is 19.1 Å². The summed E-state index contributed by atoms with van der Waals surface area (Å²) in [5, 5.41) is 10.1. The van der Waals surface area contributed by atoms with Crippen molar-refractivity contribution in [3.8, 4) is 0 Å². The first-order valence-electron chi connectivity index (χ1n) is 5.85. The summed E-state index contributed by atoms with van der Waals surface area (Å²) in [5.74, 6) is -1.74. The van der Waals surface area contributed by atoms with Crippen LogP contribution in [0, 0.1) is 0 Å². The molecular weight excluding hydrogens is 275 g/mol. The van der Waals surface area contributed by atoms with Crippen molar-refractivity contribution in [3.63, 3.8) is 0 Å². The summed E-state index contributed by atoms with van der Waals surface area (Å²) in [6.45, 7) is 1.10. The lowest BCUT2D eigenvalue weighted by atomic mass is 9.92. The Hall–Kier alpha value is -2.02. The maximum atomic E-state index is 13.2. The minimum atomic E-state index is -5.19. The molecule has 0 aliphatic carbocycles. The fraction of sp³-hybridized carbons (Fsp3) is 0.308. The van der Waals surface area contributed by atoms with Crippen LogP contribution in [0.15, 0.2) is 30.5 Å². The molecule has 108 valence electrons. The Kier molecular flexibility index (Phi) is 3.47. The average Bonchev–Trinajstić information content (AvgIpc) is 2.80. The summed E-state index contributed by atoms with van der Waals surface area (Å²) in [6, 6.07) is 6.07. The lowest BCUT2D eigenvalue weighted by molar-refractivity contribution is -0.267. The first-order chi connectivity index (χ1) is 9.32. The Bertz CT molecular complexity index is 635. The van der Waals surface area contributed by atoms with Crippen molar-refractivity contribution in [2.45, 2.75) is 18.7 Å². The van der Waals surface area contributed by atoms with Gasteiger partial charge in [-0.05, 0) is 13.0 Å². The minimum Gasteiger partial charge on any atom is -0.463 e. The number of para-hydroxylation sites is 1. The Morgan fingerprint density at radius 1 is 1.35 bits per heavy atom. The number of ether oxygens (including phenoxy) is 1. The van der Waals surface area contributed by atoms with E-state index in [1.807, 2.05) is 0 Å². The number of carbonyl (C=O) groups excluding carboxylic acids is 1. The van der Waals surface area contributed by atoms with Gasteiger partial charge in [-0.15, -0.1) is 0 Å². The number of nitrogens with one attached hydrogen (secondary N) is 1. The molecule has 0 fully saturated rings. The van der Waals surface area contributed by atoms with E-state index in [0.29, 0.717) is 5.52 Å². The van der Waals surface area contributed by atoms with Gasteiger partial charge in [0.2, 0.25) is 0 Å². The number of aliphatic hydroxyl groups is 1. The number of fused-ring (bicyclic) bond motifs is 1. The molecule has 0 saturated carbocycles. The highest BCUT2D eigenvalue weighted by Crippen LogP contribution is 2.42. The SMILES string of the molecule is CCOC(=O)[C@](O)(c1c[nH]c2ccccc12)C(F)(F)F. The van der Waals surface area contributed by atoms with Crippen LogP contribution in [-0.4, -0.2) is 28.8 Å². The van der Waals surface area contributed by atoms with Crippen LogP contribution in [0.25, 0.3) is 10.9 Å². The van der Waals surface area contributed by atoms with Crippen molar-refractivity contribution in [1.82, 2.24) is 4.98 Å². The van der Waals surface area contributed by atoms with Crippen molar-refractivity contribution in [2.24, 2.45) is 0 Å². The van der Waals surface area contributed by atoms with Gasteiger partial charge >= 0.3 is 12.1 Å². The fourth-order valence-electron chi connectivity index (χ4n) is 1.98. The second kappa shape index (κ2) is 4.82. The van der Waals surface area contributed by atoms with Crippen LogP contribution < -0.4 is 0 Å². The molecule has 0 aliphatic heterocycles. The van der Waals surface area contributed by atoms with Crippen molar-refractivity contribution in [3.05, 3.63) is 36.0 Å². The second-order valence-corrected chi connectivity index (χ2v) is 4.18. The number of hydrogen-bond acceptors (Lipinski definition) is 3. The molecule has 7 heteroatoms. The lowest BCUT2D eigenvalue weighted by Gasteiger charge is -2.27. The van der Waals surface area contributed by atoms with Crippen LogP contribution >= 0.6 is 0 Å². The van der Waals surface area contributed by atoms with Gasteiger partial charge < -0.3 is 14.8 Å². The van der Waals surface area contributed by atoms with Gasteiger partial charge in [0.25, 0.3) is 5.60 Å². The Labute approximate surface area is 112 Å². The third-order valence-electron chi connectivity index (χ3n) is 2.96. The third-order valence-corrected chi connectivity index (χ3v) is 2.96. The molecule has 1 atom stereocenters. The van der Waals surface area contributed by atoms with Crippen LogP contribution in [-0.2, 0) is 15.1 Å². The van der Waals surface area contributed by atoms with E-state index in [1.54, 1.807) is 12.1 Å². The average molecular weight is 287 g/mol. The zero-order chi connectivity index (χ0) is 15.0. The van der Waals surface area contributed by atoms with Gasteiger partial charge in [-0.3, -0.25) is 0 Å². The van der Waals surface area contributed by atoms with Gasteiger partial charge in [-0.2, -0.15) is 13.2 Å². The number of aromatic nitrogens is 1. The molecule has 1 aromatic heterocycles. The molecular formula is C13H12F3NO3. The summed E-state index contributed by atoms with van der Waals surface area (Å²) in [6.07, 6.45) is -4.22. The first-order valence-corrected chi connectivity index (χ1v) is 5.85. The van der Waals surface area contributed by atoms with Gasteiger partial charge in [0.1, 0.15) is 0 Å². The van der Waals surface area contributed by atoms with Crippen LogP contribution in [0.1, 0.15) is 12.5 Å². The summed E-state index contributed by atoms with van der Waals surface area (Å²) < 4.78 is 44.0. The van der Waals surface area contributed by atoms with Gasteiger partial charge in [-0.1, -0.05) is 18.2 Å². The molecule has 4 nitrogen and oxygen atoms in total. The fourth-order valence-corrected chi connectivity index (χ4v) is 1.98. The predicted octanol–water partition coefficient (Wildman–Crippen LogP) is 2.48. The summed E-state index contributed by atoms with van der Waals surface area (Å²) in [5.41, 5.74) is -3.88. The molecule has 20 heavy (non-hydrogen) atoms. The number of carbonyl (C=O) groups is 1. The predicted molar refractivity (Wildman–Crippen MR) is 64.9 cm³/mol. The van der Waals surface area contributed by atoms with Crippen LogP contribution in [0.5, 0.6) is 0 Å². The van der Waals surface area contributed by atoms with E-state index in [9.17, 15) is 23.1 Å². The van der Waals surface area contributed by atoms with E-state index in [2.05, 4.69) is 9.72 Å². The maximum absolute atomic E-state index is 13.2. The first kappa shape index (κ1) is 14.4. The highest BCUT2D eigenvalue weighted by molar-refractivity contribution is 5.92. The quantitative estimate of drug-likeness (QED) is 0.852. The summed E-state index contributed by atoms with van der Waals surface area (Å²) in [4.78, 5) is 14.2. The van der Waals surface area contributed by atoms with Crippen molar-refractivity contribution in [1.29, 1.82) is 0 Å². The second-order valence-electron chi connectivity index (χ2n) is 4.18. The van der Waals surface area contributed by atoms with E-state index in [0.717, 1.165) is 6.20 Å². The minimum absolute atomic E-state index is 0.111. The Balaban J connectivity index is 2.66. The normalized spacial score (nSPS) is 15.1. The largest absolute Gasteiger partial charge is 0.463 e. The molecule has 1 aromatic carbocycles. The van der Waals surface area contributed by atoms with Gasteiger partial charge in [-0.25, -0.2) is 4.79 Å². The molecule has 2 rings (SSSR count). The number of H-pyrrole nitrogens is 1. The van der Waals surface area contributed by atoms with Crippen LogP contribution in [0.2, 0.25) is 0 Å². The number of hydrogen-bond donors (Lipinski definition) is 2. The summed E-state index contributed by atoms with van der Waals surface area (Å²) >= 11 is 0. The lowest BCUT2D eigenvalue weighted by Crippen LogP contribution is -2.50. The molecule has 2 aromatic rings. The molecule has 0 amide bonds. The number of alkyl halides is 3. The third kappa shape index (κ3) is 2.03. The maximum Gasteiger partial charge on any atom is 0.432 e. The van der Waals surface area contributed by atoms with Crippen molar-refractivity contribution >= 4 is 16.9 Å². The number of esters is 1. The van der Waals surface area contributed by atoms with Gasteiger partial charge in [0.15, 0.2) is 0 Å². The molecule has 0 unspecified atom stereocenters. The number of rotatable bonds is 3. The van der Waals surface area contributed by atoms with E-state index in [-0.39, 0.29) is 12.0 Å². The Morgan fingerprint density at radius 3 is 2.60 bits per heavy atom. The number of halogens is 3. The zero-order valence-electron chi connectivity index (χ0n) is 10.5. The Morgan fingerprint density at radius 2 is 2.00 bits per heavy atom. The molecule has 1 heterocycles. The highest BCUT2D eigenvalue weighted by atomic mass is 19.4. The van der Waals surface area contributed by atoms with Gasteiger partial charge in [0.05, 0.1) is 6.61 Å². The monoisotopic (exact) mass is 287 g/mol. The van der Waals surface area contributed by atoms with Crippen molar-refractivity contribution < 1.29 is 27.8 Å². The summed E-state index contributed by atoms with van der Waals surface area (Å²) in [7, 11) is 0. The highest BCUT2D eigenvalue weighted by Gasteiger charge is 2.63. The van der Waals surface area contributed by atoms with Gasteiger partial charge in [0, 0.05) is 22.7 Å². The van der Waals surface area contributed by atoms with Crippen LogP contribution in [0.3, 0.4) is 0 Å². The standard InChI is InChI=1S/C13H12F3NO3/c1-2-20-11(18)12(19,13(14,15)16)9-7-17-10-6-4-3-5-8(9)10/h3-7,17,19H,2H2,1H3/t12-/m1/s1. The van der Waals surface area contributed by atoms with E-state index < -0.39 is 23.3 Å². The van der Waals surface area contributed by atoms with E-state index in [4.69, 9.17) is 0 Å². The van der Waals surface area contributed by atoms with Crippen molar-refractivity contribution in [2.75, 3.05) is 6.61 Å². The molecule has 0 aliphatic rings. The van der Waals surface area contributed by atoms with Crippen LogP contribution in [0.4, 0.5) is 13.2 Å².